The summed E-state index contributed by atoms with van der Waals surface area (Å²) in [5.41, 5.74) is 5.40. The zero-order valence-electron chi connectivity index (χ0n) is 25.3. The molecule has 4 aromatic rings. The summed E-state index contributed by atoms with van der Waals surface area (Å²) < 4.78 is 8.82. The van der Waals surface area contributed by atoms with E-state index in [0.29, 0.717) is 47.2 Å². The number of rotatable bonds is 5. The molecule has 1 N–H and O–H groups in total. The second-order valence-corrected chi connectivity index (χ2v) is 12.6. The maximum atomic E-state index is 14.0. The number of hydrogen-bond donors (Lipinski definition) is 1. The molecule has 0 unspecified atom stereocenters. The van der Waals surface area contributed by atoms with Gasteiger partial charge in [-0.2, -0.15) is 10.2 Å². The van der Waals surface area contributed by atoms with Crippen LogP contribution in [0.15, 0.2) is 48.5 Å². The number of nitrogens with zero attached hydrogens (tertiary/aromatic N) is 6. The van der Waals surface area contributed by atoms with E-state index in [1.165, 1.54) is 4.68 Å². The molecule has 2 aliphatic rings. The van der Waals surface area contributed by atoms with E-state index in [1.807, 2.05) is 59.0 Å². The van der Waals surface area contributed by atoms with Crippen LogP contribution in [-0.2, 0) is 37.8 Å². The van der Waals surface area contributed by atoms with Gasteiger partial charge in [-0.3, -0.25) is 14.3 Å². The first-order chi connectivity index (χ1) is 20.9. The topological polar surface area (TPSA) is 115 Å². The quantitative estimate of drug-likeness (QED) is 0.340. The number of anilines is 1. The monoisotopic (exact) mass is 615 g/mol. The Labute approximate surface area is 260 Å². The first-order valence-corrected chi connectivity index (χ1v) is 14.8. The molecule has 228 valence electrons. The summed E-state index contributed by atoms with van der Waals surface area (Å²) in [6, 6.07) is 14.7. The van der Waals surface area contributed by atoms with Crippen LogP contribution < -0.4 is 10.2 Å². The minimum atomic E-state index is -0.593. The van der Waals surface area contributed by atoms with Crippen molar-refractivity contribution in [1.29, 1.82) is 0 Å². The van der Waals surface area contributed by atoms with Gasteiger partial charge in [-0.15, -0.1) is 0 Å². The summed E-state index contributed by atoms with van der Waals surface area (Å²) in [4.78, 5) is 43.6. The highest BCUT2D eigenvalue weighted by molar-refractivity contribution is 6.30. The molecule has 0 saturated carbocycles. The number of ether oxygens (including phenoxy) is 1. The normalized spacial score (nSPS) is 14.5. The molecule has 0 atom stereocenters. The standard InChI is InChI=1S/C32H34ClN7O4/c1-19-13-23(35-37(19)5)16-34-29(41)27-26-18-39(30(42)28(26)40(36-27)25-8-6-7-22(33)15-25)24-10-9-20-11-12-38(17-21(20)14-24)31(43)44-32(2,3)4/h6-10,13-15H,11-12,16-18H2,1-5H3,(H,34,41). The maximum absolute atomic E-state index is 14.0. The Morgan fingerprint density at radius 1 is 1.02 bits per heavy atom. The third kappa shape index (κ3) is 5.67. The summed E-state index contributed by atoms with van der Waals surface area (Å²) >= 11 is 6.28. The molecule has 3 amide bonds. The molecular formula is C32H34ClN7O4. The molecule has 0 fully saturated rings. The lowest BCUT2D eigenvalue weighted by molar-refractivity contribution is 0.0223. The Balaban J connectivity index is 1.31. The predicted molar refractivity (Wildman–Crippen MR) is 165 cm³/mol. The van der Waals surface area contributed by atoms with Gasteiger partial charge in [0.1, 0.15) is 11.3 Å². The number of aryl methyl sites for hydroxylation is 2. The van der Waals surface area contributed by atoms with Gasteiger partial charge in [0.15, 0.2) is 5.69 Å². The van der Waals surface area contributed by atoms with Crippen molar-refractivity contribution < 1.29 is 19.1 Å². The molecule has 12 heteroatoms. The number of halogens is 1. The fraction of sp³-hybridized carbons (Fsp3) is 0.344. The largest absolute Gasteiger partial charge is 0.444 e. The average Bonchev–Trinajstić information content (AvgIpc) is 3.62. The van der Waals surface area contributed by atoms with Crippen LogP contribution in [0.2, 0.25) is 5.02 Å². The zero-order chi connectivity index (χ0) is 31.3. The van der Waals surface area contributed by atoms with Gasteiger partial charge >= 0.3 is 6.09 Å². The van der Waals surface area contributed by atoms with Crippen LogP contribution in [0.5, 0.6) is 0 Å². The molecule has 0 saturated heterocycles. The predicted octanol–water partition coefficient (Wildman–Crippen LogP) is 4.95. The molecule has 11 nitrogen and oxygen atoms in total. The smallest absolute Gasteiger partial charge is 0.410 e. The Morgan fingerprint density at radius 2 is 1.82 bits per heavy atom. The number of hydrogen-bond acceptors (Lipinski definition) is 6. The number of benzene rings is 2. The number of carbonyl (C=O) groups is 3. The molecule has 0 bridgehead atoms. The third-order valence-electron chi connectivity index (χ3n) is 7.78. The average molecular weight is 616 g/mol. The lowest BCUT2D eigenvalue weighted by atomic mass is 9.99. The van der Waals surface area contributed by atoms with Gasteiger partial charge in [0.05, 0.1) is 24.5 Å². The van der Waals surface area contributed by atoms with Crippen LogP contribution in [0.3, 0.4) is 0 Å². The number of amides is 3. The molecule has 6 rings (SSSR count). The van der Waals surface area contributed by atoms with Crippen molar-refractivity contribution in [3.63, 3.8) is 0 Å². The minimum absolute atomic E-state index is 0.161. The highest BCUT2D eigenvalue weighted by Crippen LogP contribution is 2.34. The van der Waals surface area contributed by atoms with Gasteiger partial charge in [0.25, 0.3) is 11.8 Å². The fourth-order valence-electron chi connectivity index (χ4n) is 5.53. The van der Waals surface area contributed by atoms with E-state index in [4.69, 9.17) is 16.3 Å². The number of nitrogens with one attached hydrogen (secondary N) is 1. The Hall–Kier alpha value is -4.64. The summed E-state index contributed by atoms with van der Waals surface area (Å²) in [6.45, 7) is 8.78. The summed E-state index contributed by atoms with van der Waals surface area (Å²) in [5.74, 6) is -0.690. The number of carbonyl (C=O) groups excluding carboxylic acids is 3. The lowest BCUT2D eigenvalue weighted by Crippen LogP contribution is -2.40. The second-order valence-electron chi connectivity index (χ2n) is 12.1. The van der Waals surface area contributed by atoms with E-state index in [9.17, 15) is 14.4 Å². The first kappa shape index (κ1) is 29.4. The molecule has 0 spiro atoms. The molecule has 44 heavy (non-hydrogen) atoms. The SMILES string of the molecule is Cc1cc(CNC(=O)c2nn(-c3cccc(Cl)c3)c3c2CN(c2ccc4c(c2)CN(C(=O)OC(C)(C)C)CC4)C3=O)nn1C. The minimum Gasteiger partial charge on any atom is -0.444 e. The van der Waals surface area contributed by atoms with Crippen LogP contribution in [0, 0.1) is 6.92 Å². The van der Waals surface area contributed by atoms with E-state index in [-0.39, 0.29) is 30.8 Å². The van der Waals surface area contributed by atoms with Gasteiger partial charge in [-0.1, -0.05) is 23.7 Å². The van der Waals surface area contributed by atoms with Gasteiger partial charge in [-0.05, 0) is 81.6 Å². The Bertz CT molecular complexity index is 1780. The molecule has 0 radical (unpaired) electrons. The van der Waals surface area contributed by atoms with E-state index < -0.39 is 11.5 Å². The highest BCUT2D eigenvalue weighted by atomic mass is 35.5. The van der Waals surface area contributed by atoms with Crippen molar-refractivity contribution in [3.8, 4) is 5.69 Å². The Kier molecular flexibility index (Phi) is 7.44. The van der Waals surface area contributed by atoms with Crippen molar-refractivity contribution in [2.45, 2.75) is 59.4 Å². The fourth-order valence-corrected chi connectivity index (χ4v) is 5.72. The molecule has 2 aliphatic heterocycles. The second kappa shape index (κ2) is 11.1. The van der Waals surface area contributed by atoms with Gasteiger partial charge in [-0.25, -0.2) is 9.48 Å². The van der Waals surface area contributed by atoms with Crippen LogP contribution in [0.25, 0.3) is 5.69 Å². The van der Waals surface area contributed by atoms with Crippen LogP contribution in [-0.4, -0.2) is 54.5 Å². The van der Waals surface area contributed by atoms with Crippen molar-refractivity contribution in [1.82, 2.24) is 29.8 Å². The molecule has 4 heterocycles. The van der Waals surface area contributed by atoms with Crippen molar-refractivity contribution >= 4 is 35.2 Å². The van der Waals surface area contributed by atoms with E-state index in [0.717, 1.165) is 22.5 Å². The number of aromatic nitrogens is 4. The van der Waals surface area contributed by atoms with Crippen molar-refractivity contribution in [3.05, 3.63) is 93.0 Å². The molecule has 0 aliphatic carbocycles. The van der Waals surface area contributed by atoms with Gasteiger partial charge in [0.2, 0.25) is 0 Å². The van der Waals surface area contributed by atoms with Crippen LogP contribution >= 0.6 is 11.6 Å². The summed E-state index contributed by atoms with van der Waals surface area (Å²) in [6.07, 6.45) is 0.323. The zero-order valence-corrected chi connectivity index (χ0v) is 26.1. The van der Waals surface area contributed by atoms with E-state index in [2.05, 4.69) is 15.5 Å². The molecule has 2 aromatic carbocycles. The molecular weight excluding hydrogens is 582 g/mol. The third-order valence-corrected chi connectivity index (χ3v) is 8.01. The molecule has 2 aromatic heterocycles. The first-order valence-electron chi connectivity index (χ1n) is 14.4. The maximum Gasteiger partial charge on any atom is 0.410 e. The van der Waals surface area contributed by atoms with Crippen molar-refractivity contribution in [2.75, 3.05) is 11.4 Å². The summed E-state index contributed by atoms with van der Waals surface area (Å²) in [7, 11) is 1.84. The summed E-state index contributed by atoms with van der Waals surface area (Å²) in [5, 5.41) is 12.4. The van der Waals surface area contributed by atoms with Crippen LogP contribution in [0.4, 0.5) is 10.5 Å². The highest BCUT2D eigenvalue weighted by Gasteiger charge is 2.39. The van der Waals surface area contributed by atoms with Gasteiger partial charge in [0, 0.05) is 42.1 Å². The van der Waals surface area contributed by atoms with Gasteiger partial charge < -0.3 is 19.9 Å². The number of fused-ring (bicyclic) bond motifs is 2. The van der Waals surface area contributed by atoms with Crippen LogP contribution in [0.1, 0.15) is 69.8 Å². The van der Waals surface area contributed by atoms with E-state index >= 15 is 0 Å². The Morgan fingerprint density at radius 3 is 2.52 bits per heavy atom. The van der Waals surface area contributed by atoms with E-state index in [1.54, 1.807) is 38.7 Å². The van der Waals surface area contributed by atoms with Crippen molar-refractivity contribution in [2.24, 2.45) is 7.05 Å². The lowest BCUT2D eigenvalue weighted by Gasteiger charge is -2.32.